The fourth-order valence-electron chi connectivity index (χ4n) is 1.86. The average molecular weight is 283 g/mol. The molecule has 0 nitrogen and oxygen atoms in total. The molecule has 0 radical (unpaired) electrons. The molecule has 0 bridgehead atoms. The first kappa shape index (κ1) is 14.9. The van der Waals surface area contributed by atoms with Crippen LogP contribution in [0.2, 0.25) is 0 Å². The van der Waals surface area contributed by atoms with E-state index in [0.717, 1.165) is 0 Å². The molecule has 14 heavy (non-hydrogen) atoms. The van der Waals surface area contributed by atoms with E-state index in [-0.39, 0.29) is 0 Å². The molecule has 0 rings (SSSR count). The zero-order valence-electron chi connectivity index (χ0n) is 10.2. The molecule has 0 unspecified atom stereocenters. The second-order valence-electron chi connectivity index (χ2n) is 4.46. The Morgan fingerprint density at radius 3 is 1.21 bits per heavy atom. The number of halogens is 1. The van der Waals surface area contributed by atoms with Crippen LogP contribution >= 0.6 is 21.5 Å². The molecule has 0 atom stereocenters. The Morgan fingerprint density at radius 2 is 1.00 bits per heavy atom. The summed E-state index contributed by atoms with van der Waals surface area (Å²) in [7, 11) is 0. The molecule has 0 heterocycles. The van der Waals surface area contributed by atoms with Crippen molar-refractivity contribution in [2.45, 2.75) is 59.3 Å². The molecule has 88 valence electrons. The Labute approximate surface area is 99.3 Å². The van der Waals surface area contributed by atoms with Gasteiger partial charge in [0.25, 0.3) is 0 Å². The van der Waals surface area contributed by atoms with Gasteiger partial charge in [-0.2, -0.15) is 0 Å². The standard InChI is InChI=1S/C12H28BrP/c1-4-7-10-14(13,11-8-5-2)12-9-6-3/h14H,4-12H2,1-3H3. The summed E-state index contributed by atoms with van der Waals surface area (Å²) in [5.74, 6) is -1.000. The quantitative estimate of drug-likeness (QED) is 0.494. The van der Waals surface area contributed by atoms with Gasteiger partial charge in [-0.3, -0.25) is 0 Å². The van der Waals surface area contributed by atoms with Crippen LogP contribution in [0.3, 0.4) is 0 Å². The molecule has 0 aliphatic rings. The van der Waals surface area contributed by atoms with E-state index in [1.165, 1.54) is 57.0 Å². The van der Waals surface area contributed by atoms with E-state index in [2.05, 4.69) is 36.3 Å². The topological polar surface area (TPSA) is 0 Å². The van der Waals surface area contributed by atoms with Gasteiger partial charge in [-0.15, -0.1) is 0 Å². The number of hydrogen-bond acceptors (Lipinski definition) is 0. The molecular weight excluding hydrogens is 255 g/mol. The molecule has 0 fully saturated rings. The van der Waals surface area contributed by atoms with Crippen molar-refractivity contribution in [1.29, 1.82) is 0 Å². The van der Waals surface area contributed by atoms with Gasteiger partial charge in [-0.1, -0.05) is 0 Å². The van der Waals surface area contributed by atoms with Gasteiger partial charge in [0, 0.05) is 0 Å². The van der Waals surface area contributed by atoms with Gasteiger partial charge >= 0.3 is 99.2 Å². The van der Waals surface area contributed by atoms with Crippen molar-refractivity contribution < 1.29 is 0 Å². The molecule has 0 amide bonds. The summed E-state index contributed by atoms with van der Waals surface area (Å²) in [6, 6.07) is 0. The minimum absolute atomic E-state index is 1.000. The van der Waals surface area contributed by atoms with Crippen LogP contribution in [0.1, 0.15) is 59.3 Å². The first-order valence-corrected chi connectivity index (χ1v) is 11.2. The van der Waals surface area contributed by atoms with E-state index in [0.29, 0.717) is 0 Å². The van der Waals surface area contributed by atoms with Crippen LogP contribution < -0.4 is 0 Å². The summed E-state index contributed by atoms with van der Waals surface area (Å²) in [5.41, 5.74) is 0. The number of rotatable bonds is 9. The fourth-order valence-corrected chi connectivity index (χ4v) is 8.09. The van der Waals surface area contributed by atoms with Crippen molar-refractivity contribution in [1.82, 2.24) is 0 Å². The van der Waals surface area contributed by atoms with Crippen LogP contribution in [-0.4, -0.2) is 18.5 Å². The Morgan fingerprint density at radius 1 is 0.714 bits per heavy atom. The molecule has 0 aliphatic carbocycles. The summed E-state index contributed by atoms with van der Waals surface area (Å²) in [6.45, 7) is 6.92. The van der Waals surface area contributed by atoms with Crippen LogP contribution in [0.4, 0.5) is 0 Å². The third-order valence-corrected chi connectivity index (χ3v) is 10.3. The minimum atomic E-state index is -1.000. The van der Waals surface area contributed by atoms with Gasteiger partial charge in [0.15, 0.2) is 0 Å². The molecule has 0 spiro atoms. The SMILES string of the molecule is CCCC[PH](Br)(CCCC)CCCC. The van der Waals surface area contributed by atoms with Crippen LogP contribution in [0.15, 0.2) is 0 Å². The van der Waals surface area contributed by atoms with Gasteiger partial charge < -0.3 is 0 Å². The van der Waals surface area contributed by atoms with Gasteiger partial charge in [-0.05, 0) is 0 Å². The van der Waals surface area contributed by atoms with Crippen molar-refractivity contribution in [2.24, 2.45) is 0 Å². The maximum absolute atomic E-state index is 4.13. The van der Waals surface area contributed by atoms with E-state index in [4.69, 9.17) is 0 Å². The third kappa shape index (κ3) is 7.23. The van der Waals surface area contributed by atoms with Crippen molar-refractivity contribution >= 4 is 21.5 Å². The van der Waals surface area contributed by atoms with E-state index >= 15 is 0 Å². The normalized spacial score (nSPS) is 13.1. The Hall–Kier alpha value is 0.910. The van der Waals surface area contributed by atoms with Crippen molar-refractivity contribution in [2.75, 3.05) is 18.5 Å². The Kier molecular flexibility index (Phi) is 9.75. The van der Waals surface area contributed by atoms with Gasteiger partial charge in [0.2, 0.25) is 0 Å². The van der Waals surface area contributed by atoms with Crippen LogP contribution in [-0.2, 0) is 0 Å². The molecule has 2 heteroatoms. The summed E-state index contributed by atoms with van der Waals surface area (Å²) in [5, 5.41) is 0. The molecular formula is C12H28BrP. The molecule has 0 saturated carbocycles. The van der Waals surface area contributed by atoms with Gasteiger partial charge in [0.1, 0.15) is 0 Å². The Bertz CT molecular complexity index is 104. The number of hydrogen-bond donors (Lipinski definition) is 0. The molecule has 0 aromatic heterocycles. The second kappa shape index (κ2) is 9.16. The van der Waals surface area contributed by atoms with Gasteiger partial charge in [-0.25, -0.2) is 0 Å². The summed E-state index contributed by atoms with van der Waals surface area (Å²) in [4.78, 5) is 0. The number of unbranched alkanes of at least 4 members (excludes halogenated alkanes) is 3. The molecule has 0 aromatic rings. The second-order valence-corrected chi connectivity index (χ2v) is 13.3. The summed E-state index contributed by atoms with van der Waals surface area (Å²) in [6.07, 6.45) is 12.9. The first-order chi connectivity index (χ1) is 6.68. The molecule has 0 N–H and O–H groups in total. The fraction of sp³-hybridized carbons (Fsp3) is 1.00. The van der Waals surface area contributed by atoms with Crippen LogP contribution in [0.5, 0.6) is 0 Å². The van der Waals surface area contributed by atoms with E-state index in [1.807, 2.05) is 0 Å². The molecule has 0 aliphatic heterocycles. The average Bonchev–Trinajstić information content (AvgIpc) is 2.21. The van der Waals surface area contributed by atoms with Crippen LogP contribution in [0.25, 0.3) is 0 Å². The monoisotopic (exact) mass is 282 g/mol. The van der Waals surface area contributed by atoms with E-state index < -0.39 is 5.96 Å². The van der Waals surface area contributed by atoms with E-state index in [1.54, 1.807) is 0 Å². The van der Waals surface area contributed by atoms with Crippen molar-refractivity contribution in [3.63, 3.8) is 0 Å². The first-order valence-electron chi connectivity index (χ1n) is 6.37. The van der Waals surface area contributed by atoms with Crippen LogP contribution in [0, 0.1) is 0 Å². The summed E-state index contributed by atoms with van der Waals surface area (Å²) < 4.78 is 0. The molecule has 0 saturated heterocycles. The zero-order valence-corrected chi connectivity index (χ0v) is 12.8. The Balaban J connectivity index is 3.89. The van der Waals surface area contributed by atoms with Crippen molar-refractivity contribution in [3.05, 3.63) is 0 Å². The van der Waals surface area contributed by atoms with Gasteiger partial charge in [0.05, 0.1) is 0 Å². The predicted molar refractivity (Wildman–Crippen MR) is 76.6 cm³/mol. The zero-order chi connectivity index (χ0) is 10.9. The third-order valence-electron chi connectivity index (χ3n) is 2.94. The van der Waals surface area contributed by atoms with E-state index in [9.17, 15) is 0 Å². The predicted octanol–water partition coefficient (Wildman–Crippen LogP) is 5.45. The maximum atomic E-state index is 4.13. The van der Waals surface area contributed by atoms with Crippen molar-refractivity contribution in [3.8, 4) is 0 Å². The summed E-state index contributed by atoms with van der Waals surface area (Å²) >= 11 is 4.13. The molecule has 0 aromatic carbocycles.